The average molecular weight is 444 g/mol. The zero-order valence-electron chi connectivity index (χ0n) is 16.0. The smallest absolute Gasteiger partial charge is 0.325 e. The van der Waals surface area contributed by atoms with Crippen molar-refractivity contribution < 1.29 is 41.4 Å². The van der Waals surface area contributed by atoms with Crippen molar-refractivity contribution in [3.8, 4) is 0 Å². The summed E-state index contributed by atoms with van der Waals surface area (Å²) < 4.78 is 67.5. The highest BCUT2D eigenvalue weighted by Gasteiger charge is 2.29. The summed E-state index contributed by atoms with van der Waals surface area (Å²) in [6.45, 7) is 1.18. The largest absolute Gasteiger partial charge is 0.480 e. The van der Waals surface area contributed by atoms with Crippen LogP contribution in [0.1, 0.15) is 18.1 Å². The predicted molar refractivity (Wildman–Crippen MR) is 97.3 cm³/mol. The molecule has 11 heteroatoms. The Morgan fingerprint density at radius 3 is 1.90 bits per heavy atom. The SMILES string of the molecule is C[C@H](NC(=O)[C@H](Cc1ccccc1)NC(=O)Cc1c(F)c(F)c(F)c(F)c1F)C(=O)O. The van der Waals surface area contributed by atoms with E-state index in [4.69, 9.17) is 5.11 Å². The molecule has 0 unspecified atom stereocenters. The van der Waals surface area contributed by atoms with Gasteiger partial charge < -0.3 is 15.7 Å². The summed E-state index contributed by atoms with van der Waals surface area (Å²) in [7, 11) is 0. The molecule has 2 atom stereocenters. The first-order valence-corrected chi connectivity index (χ1v) is 8.89. The molecule has 0 radical (unpaired) electrons. The van der Waals surface area contributed by atoms with Crippen LogP contribution in [0.15, 0.2) is 30.3 Å². The van der Waals surface area contributed by atoms with Crippen molar-refractivity contribution in [2.75, 3.05) is 0 Å². The second-order valence-electron chi connectivity index (χ2n) is 6.60. The number of nitrogens with one attached hydrogen (secondary N) is 2. The molecule has 2 rings (SSSR count). The third-order valence-electron chi connectivity index (χ3n) is 4.30. The van der Waals surface area contributed by atoms with Crippen molar-refractivity contribution in [2.24, 2.45) is 0 Å². The molecule has 166 valence electrons. The number of rotatable bonds is 8. The van der Waals surface area contributed by atoms with Gasteiger partial charge in [0, 0.05) is 12.0 Å². The van der Waals surface area contributed by atoms with Crippen LogP contribution in [0.4, 0.5) is 22.0 Å². The lowest BCUT2D eigenvalue weighted by molar-refractivity contribution is -0.141. The maximum absolute atomic E-state index is 13.8. The van der Waals surface area contributed by atoms with Crippen LogP contribution < -0.4 is 10.6 Å². The molecule has 0 heterocycles. The summed E-state index contributed by atoms with van der Waals surface area (Å²) in [5, 5.41) is 13.2. The number of carboxylic acid groups (broad SMARTS) is 1. The van der Waals surface area contributed by atoms with Crippen molar-refractivity contribution in [2.45, 2.75) is 31.8 Å². The van der Waals surface area contributed by atoms with E-state index < -0.39 is 70.9 Å². The van der Waals surface area contributed by atoms with Gasteiger partial charge >= 0.3 is 5.97 Å². The minimum atomic E-state index is -2.36. The zero-order valence-corrected chi connectivity index (χ0v) is 16.0. The third-order valence-corrected chi connectivity index (χ3v) is 4.30. The zero-order chi connectivity index (χ0) is 23.3. The Morgan fingerprint density at radius 2 is 1.39 bits per heavy atom. The van der Waals surface area contributed by atoms with Crippen LogP contribution in [0, 0.1) is 29.1 Å². The average Bonchev–Trinajstić information content (AvgIpc) is 2.74. The van der Waals surface area contributed by atoms with Crippen LogP contribution in [-0.2, 0) is 27.2 Å². The summed E-state index contributed by atoms with van der Waals surface area (Å²) in [6.07, 6.45) is -1.36. The second kappa shape index (κ2) is 10.0. The first kappa shape index (κ1) is 23.8. The van der Waals surface area contributed by atoms with E-state index in [0.717, 1.165) is 0 Å². The molecule has 0 aliphatic heterocycles. The summed E-state index contributed by atoms with van der Waals surface area (Å²) in [5.74, 6) is -14.5. The Bertz CT molecular complexity index is 972. The molecule has 0 aliphatic rings. The van der Waals surface area contributed by atoms with Crippen molar-refractivity contribution in [1.29, 1.82) is 0 Å². The molecular formula is C20H17F5N2O4. The summed E-state index contributed by atoms with van der Waals surface area (Å²) in [6, 6.07) is 5.50. The highest BCUT2D eigenvalue weighted by molar-refractivity contribution is 5.91. The third kappa shape index (κ3) is 5.77. The number of halogens is 5. The number of amides is 2. The minimum absolute atomic E-state index is 0.123. The van der Waals surface area contributed by atoms with Crippen molar-refractivity contribution in [3.63, 3.8) is 0 Å². The van der Waals surface area contributed by atoms with E-state index in [2.05, 4.69) is 10.6 Å². The highest BCUT2D eigenvalue weighted by Crippen LogP contribution is 2.23. The van der Waals surface area contributed by atoms with E-state index in [-0.39, 0.29) is 6.42 Å². The van der Waals surface area contributed by atoms with E-state index in [1.165, 1.54) is 6.92 Å². The topological polar surface area (TPSA) is 95.5 Å². The standard InChI is InChI=1S/C20H17F5N2O4/c1-9(20(30)31)26-19(29)12(7-10-5-3-2-4-6-10)27-13(28)8-11-14(21)16(23)18(25)17(24)15(11)22/h2-6,9,12H,7-8H2,1H3,(H,26,29)(H,27,28)(H,30,31)/t9-,12-/m0/s1. The van der Waals surface area contributed by atoms with Gasteiger partial charge in [-0.2, -0.15) is 0 Å². The number of aliphatic carboxylic acids is 1. The van der Waals surface area contributed by atoms with Gasteiger partial charge in [-0.05, 0) is 12.5 Å². The molecular weight excluding hydrogens is 427 g/mol. The second-order valence-corrected chi connectivity index (χ2v) is 6.60. The van der Waals surface area contributed by atoms with Crippen LogP contribution in [0.3, 0.4) is 0 Å². The van der Waals surface area contributed by atoms with Gasteiger partial charge in [0.15, 0.2) is 23.3 Å². The Kier molecular flexibility index (Phi) is 7.67. The Hall–Kier alpha value is -3.50. The number of benzene rings is 2. The molecule has 0 spiro atoms. The van der Waals surface area contributed by atoms with Crippen LogP contribution in [-0.4, -0.2) is 35.0 Å². The monoisotopic (exact) mass is 444 g/mol. The van der Waals surface area contributed by atoms with E-state index in [0.29, 0.717) is 5.56 Å². The van der Waals surface area contributed by atoms with Gasteiger partial charge in [-0.15, -0.1) is 0 Å². The molecule has 0 aromatic heterocycles. The van der Waals surface area contributed by atoms with Gasteiger partial charge in [0.25, 0.3) is 0 Å². The fourth-order valence-corrected chi connectivity index (χ4v) is 2.65. The molecule has 0 fully saturated rings. The maximum Gasteiger partial charge on any atom is 0.325 e. The fraction of sp³-hybridized carbons (Fsp3) is 0.250. The van der Waals surface area contributed by atoms with Crippen LogP contribution in [0.5, 0.6) is 0 Å². The summed E-state index contributed by atoms with van der Waals surface area (Å²) >= 11 is 0. The first-order valence-electron chi connectivity index (χ1n) is 8.89. The molecule has 31 heavy (non-hydrogen) atoms. The maximum atomic E-state index is 13.8. The molecule has 2 aromatic carbocycles. The minimum Gasteiger partial charge on any atom is -0.480 e. The molecule has 6 nitrogen and oxygen atoms in total. The van der Waals surface area contributed by atoms with E-state index in [1.54, 1.807) is 30.3 Å². The quantitative estimate of drug-likeness (QED) is 0.331. The van der Waals surface area contributed by atoms with Gasteiger partial charge in [-0.1, -0.05) is 30.3 Å². The number of hydrogen-bond donors (Lipinski definition) is 3. The van der Waals surface area contributed by atoms with E-state index in [1.807, 2.05) is 0 Å². The molecule has 2 aromatic rings. The van der Waals surface area contributed by atoms with Crippen molar-refractivity contribution in [3.05, 3.63) is 70.5 Å². The number of hydrogen-bond acceptors (Lipinski definition) is 3. The number of carbonyl (C=O) groups is 3. The van der Waals surface area contributed by atoms with Gasteiger partial charge in [-0.3, -0.25) is 14.4 Å². The van der Waals surface area contributed by atoms with E-state index >= 15 is 0 Å². The van der Waals surface area contributed by atoms with Crippen LogP contribution >= 0.6 is 0 Å². The molecule has 2 amide bonds. The first-order chi connectivity index (χ1) is 14.5. The van der Waals surface area contributed by atoms with Gasteiger partial charge in [-0.25, -0.2) is 22.0 Å². The molecule has 0 saturated carbocycles. The van der Waals surface area contributed by atoms with Crippen molar-refractivity contribution >= 4 is 17.8 Å². The fourth-order valence-electron chi connectivity index (χ4n) is 2.65. The lowest BCUT2D eigenvalue weighted by Gasteiger charge is -2.20. The van der Waals surface area contributed by atoms with Crippen molar-refractivity contribution in [1.82, 2.24) is 10.6 Å². The lowest BCUT2D eigenvalue weighted by atomic mass is 10.0. The normalized spacial score (nSPS) is 12.7. The Morgan fingerprint density at radius 1 is 0.871 bits per heavy atom. The number of carbonyl (C=O) groups excluding carboxylic acids is 2. The Balaban J connectivity index is 2.25. The van der Waals surface area contributed by atoms with Gasteiger partial charge in [0.1, 0.15) is 12.1 Å². The molecule has 0 bridgehead atoms. The van der Waals surface area contributed by atoms with E-state index in [9.17, 15) is 36.3 Å². The highest BCUT2D eigenvalue weighted by atomic mass is 19.2. The number of carboxylic acids is 1. The van der Waals surface area contributed by atoms with Gasteiger partial charge in [0.2, 0.25) is 17.6 Å². The summed E-state index contributed by atoms with van der Waals surface area (Å²) in [5.41, 5.74) is -0.797. The van der Waals surface area contributed by atoms with Crippen LogP contribution in [0.25, 0.3) is 0 Å². The molecule has 0 aliphatic carbocycles. The van der Waals surface area contributed by atoms with Crippen LogP contribution in [0.2, 0.25) is 0 Å². The lowest BCUT2D eigenvalue weighted by Crippen LogP contribution is -2.52. The summed E-state index contributed by atoms with van der Waals surface area (Å²) in [4.78, 5) is 35.7. The molecule has 0 saturated heterocycles. The van der Waals surface area contributed by atoms with Gasteiger partial charge in [0.05, 0.1) is 6.42 Å². The molecule has 3 N–H and O–H groups in total. The Labute approximate surface area is 173 Å². The predicted octanol–water partition coefficient (Wildman–Crippen LogP) is 2.24.